The molecule has 1 aromatic rings. The average Bonchev–Trinajstić information content (AvgIpc) is 2.99. The number of hydrogen-bond acceptors (Lipinski definition) is 2. The number of carbonyl (C=O) groups excluding carboxylic acids is 1. The Morgan fingerprint density at radius 2 is 2.19 bits per heavy atom. The first-order valence-corrected chi connectivity index (χ1v) is 5.75. The van der Waals surface area contributed by atoms with Gasteiger partial charge in [-0.3, -0.25) is 4.79 Å². The van der Waals surface area contributed by atoms with Gasteiger partial charge in [0.05, 0.1) is 11.2 Å². The van der Waals surface area contributed by atoms with Crippen LogP contribution in [0.5, 0.6) is 0 Å². The molecule has 2 N–H and O–H groups in total. The molecule has 0 saturated heterocycles. The lowest BCUT2D eigenvalue weighted by molar-refractivity contribution is -0.120. The molecule has 1 amide bonds. The van der Waals surface area contributed by atoms with Crippen molar-refractivity contribution in [1.82, 2.24) is 0 Å². The second kappa shape index (κ2) is 3.82. The van der Waals surface area contributed by atoms with Gasteiger partial charge >= 0.3 is 0 Å². The van der Waals surface area contributed by atoms with Crippen molar-refractivity contribution in [3.05, 3.63) is 28.5 Å². The highest BCUT2D eigenvalue weighted by Crippen LogP contribution is 2.35. The van der Waals surface area contributed by atoms with Crippen molar-refractivity contribution in [2.24, 2.45) is 5.73 Å². The minimum Gasteiger partial charge on any atom is -0.317 e. The molecule has 16 heavy (non-hydrogen) atoms. The standard InChI is InChI=1S/C11H12BrFN2O/c1-15(10(16)11(14)4-5-11)9-6-7(12)2-3-8(9)13/h2-3,6H,4-5,14H2,1H3. The van der Waals surface area contributed by atoms with Gasteiger partial charge < -0.3 is 10.6 Å². The molecule has 0 spiro atoms. The Morgan fingerprint density at radius 1 is 1.56 bits per heavy atom. The maximum Gasteiger partial charge on any atom is 0.246 e. The quantitative estimate of drug-likeness (QED) is 0.904. The Labute approximate surface area is 102 Å². The highest BCUT2D eigenvalue weighted by molar-refractivity contribution is 9.10. The molecule has 0 radical (unpaired) electrons. The van der Waals surface area contributed by atoms with Crippen LogP contribution < -0.4 is 10.6 Å². The van der Waals surface area contributed by atoms with Crippen molar-refractivity contribution in [3.63, 3.8) is 0 Å². The van der Waals surface area contributed by atoms with Gasteiger partial charge in [0.15, 0.2) is 0 Å². The normalized spacial score (nSPS) is 17.0. The lowest BCUT2D eigenvalue weighted by Gasteiger charge is -2.21. The third-order valence-electron chi connectivity index (χ3n) is 2.79. The van der Waals surface area contributed by atoms with E-state index in [0.29, 0.717) is 12.8 Å². The second-order valence-electron chi connectivity index (χ2n) is 4.12. The number of nitrogens with two attached hydrogens (primary N) is 1. The van der Waals surface area contributed by atoms with E-state index in [0.717, 1.165) is 4.47 Å². The van der Waals surface area contributed by atoms with Crippen molar-refractivity contribution in [3.8, 4) is 0 Å². The Bertz CT molecular complexity index is 446. The topological polar surface area (TPSA) is 46.3 Å². The number of rotatable bonds is 2. The van der Waals surface area contributed by atoms with E-state index in [1.807, 2.05) is 0 Å². The summed E-state index contributed by atoms with van der Waals surface area (Å²) < 4.78 is 14.3. The molecular weight excluding hydrogens is 275 g/mol. The summed E-state index contributed by atoms with van der Waals surface area (Å²) in [5.74, 6) is -0.659. The number of halogens is 2. The SMILES string of the molecule is CN(C(=O)C1(N)CC1)c1cc(Br)ccc1F. The summed E-state index contributed by atoms with van der Waals surface area (Å²) in [6.45, 7) is 0. The second-order valence-corrected chi connectivity index (χ2v) is 5.03. The molecule has 0 atom stereocenters. The zero-order chi connectivity index (χ0) is 11.9. The van der Waals surface area contributed by atoms with Gasteiger partial charge in [-0.1, -0.05) is 15.9 Å². The Hall–Kier alpha value is -0.940. The van der Waals surface area contributed by atoms with Crippen LogP contribution in [0.15, 0.2) is 22.7 Å². The first-order chi connectivity index (χ1) is 7.44. The van der Waals surface area contributed by atoms with Gasteiger partial charge in [-0.25, -0.2) is 4.39 Å². The summed E-state index contributed by atoms with van der Waals surface area (Å²) >= 11 is 3.24. The Morgan fingerprint density at radius 3 is 2.75 bits per heavy atom. The van der Waals surface area contributed by atoms with Gasteiger partial charge in [0, 0.05) is 11.5 Å². The van der Waals surface area contributed by atoms with Crippen molar-refractivity contribution in [2.45, 2.75) is 18.4 Å². The molecular formula is C11H12BrFN2O. The fourth-order valence-corrected chi connectivity index (χ4v) is 1.88. The molecule has 3 nitrogen and oxygen atoms in total. The third kappa shape index (κ3) is 1.97. The molecule has 86 valence electrons. The number of likely N-dealkylation sites (N-methyl/N-ethyl adjacent to an activating group) is 1. The number of amides is 1. The third-order valence-corrected chi connectivity index (χ3v) is 3.28. The van der Waals surface area contributed by atoms with Crippen molar-refractivity contribution in [1.29, 1.82) is 0 Å². The predicted molar refractivity (Wildman–Crippen MR) is 63.7 cm³/mol. The summed E-state index contributed by atoms with van der Waals surface area (Å²) in [6.07, 6.45) is 1.34. The maximum atomic E-state index is 13.5. The maximum absolute atomic E-state index is 13.5. The number of hydrogen-bond donors (Lipinski definition) is 1. The van der Waals surface area contributed by atoms with Crippen LogP contribution in [0.3, 0.4) is 0 Å². The molecule has 1 aliphatic carbocycles. The zero-order valence-electron chi connectivity index (χ0n) is 8.84. The van der Waals surface area contributed by atoms with E-state index in [1.54, 1.807) is 19.2 Å². The highest BCUT2D eigenvalue weighted by Gasteiger charge is 2.48. The van der Waals surface area contributed by atoms with Gasteiger partial charge in [-0.15, -0.1) is 0 Å². The van der Waals surface area contributed by atoms with Crippen molar-refractivity contribution in [2.75, 3.05) is 11.9 Å². The van der Waals surface area contributed by atoms with Gasteiger partial charge in [-0.2, -0.15) is 0 Å². The predicted octanol–water partition coefficient (Wildman–Crippen LogP) is 2.04. The Kier molecular flexibility index (Phi) is 2.75. The van der Waals surface area contributed by atoms with Crippen LogP contribution in [0, 0.1) is 5.82 Å². The number of benzene rings is 1. The summed E-state index contributed by atoms with van der Waals surface area (Å²) in [6, 6.07) is 4.48. The zero-order valence-corrected chi connectivity index (χ0v) is 10.4. The molecule has 5 heteroatoms. The fraction of sp³-hybridized carbons (Fsp3) is 0.364. The van der Waals surface area contributed by atoms with E-state index in [9.17, 15) is 9.18 Å². The molecule has 0 unspecified atom stereocenters. The largest absolute Gasteiger partial charge is 0.317 e. The van der Waals surface area contributed by atoms with Crippen LogP contribution >= 0.6 is 15.9 Å². The molecule has 1 aliphatic rings. The summed E-state index contributed by atoms with van der Waals surface area (Å²) in [5, 5.41) is 0. The summed E-state index contributed by atoms with van der Waals surface area (Å²) in [7, 11) is 1.54. The van der Waals surface area contributed by atoms with Crippen LogP contribution in [-0.4, -0.2) is 18.5 Å². The monoisotopic (exact) mass is 286 g/mol. The van der Waals surface area contributed by atoms with E-state index < -0.39 is 11.4 Å². The van der Waals surface area contributed by atoms with Crippen LogP contribution in [0.2, 0.25) is 0 Å². The van der Waals surface area contributed by atoms with E-state index in [1.165, 1.54) is 11.0 Å². The van der Waals surface area contributed by atoms with E-state index >= 15 is 0 Å². The van der Waals surface area contributed by atoms with E-state index in [4.69, 9.17) is 5.73 Å². The smallest absolute Gasteiger partial charge is 0.246 e. The minimum absolute atomic E-state index is 0.232. The average molecular weight is 287 g/mol. The summed E-state index contributed by atoms with van der Waals surface area (Å²) in [5.41, 5.74) is 5.26. The molecule has 0 heterocycles. The number of nitrogens with zero attached hydrogens (tertiary/aromatic N) is 1. The molecule has 0 bridgehead atoms. The van der Waals surface area contributed by atoms with Crippen LogP contribution in [0.25, 0.3) is 0 Å². The first kappa shape index (κ1) is 11.5. The van der Waals surface area contributed by atoms with Crippen molar-refractivity contribution >= 4 is 27.5 Å². The lowest BCUT2D eigenvalue weighted by Crippen LogP contribution is -2.44. The fourth-order valence-electron chi connectivity index (χ4n) is 1.53. The number of carbonyl (C=O) groups is 1. The highest BCUT2D eigenvalue weighted by atomic mass is 79.9. The van der Waals surface area contributed by atoms with Crippen LogP contribution in [0.1, 0.15) is 12.8 Å². The summed E-state index contributed by atoms with van der Waals surface area (Å²) in [4.78, 5) is 13.2. The molecule has 1 aromatic carbocycles. The molecule has 0 aromatic heterocycles. The minimum atomic E-state index is -0.774. The Balaban J connectivity index is 2.29. The lowest BCUT2D eigenvalue weighted by atomic mass is 10.2. The number of anilines is 1. The van der Waals surface area contributed by atoms with E-state index in [2.05, 4.69) is 15.9 Å². The van der Waals surface area contributed by atoms with Gasteiger partial charge in [0.25, 0.3) is 0 Å². The van der Waals surface area contributed by atoms with Crippen LogP contribution in [0.4, 0.5) is 10.1 Å². The van der Waals surface area contributed by atoms with Gasteiger partial charge in [0.2, 0.25) is 5.91 Å². The van der Waals surface area contributed by atoms with Crippen molar-refractivity contribution < 1.29 is 9.18 Å². The van der Waals surface area contributed by atoms with Crippen LogP contribution in [-0.2, 0) is 4.79 Å². The molecule has 0 aliphatic heterocycles. The first-order valence-electron chi connectivity index (χ1n) is 4.96. The van der Waals surface area contributed by atoms with E-state index in [-0.39, 0.29) is 11.6 Å². The molecule has 1 fully saturated rings. The molecule has 2 rings (SSSR count). The van der Waals surface area contributed by atoms with Gasteiger partial charge in [0.1, 0.15) is 5.82 Å². The molecule has 1 saturated carbocycles. The van der Waals surface area contributed by atoms with Gasteiger partial charge in [-0.05, 0) is 31.0 Å².